The number of amides is 2. The van der Waals surface area contributed by atoms with E-state index < -0.39 is 6.04 Å². The van der Waals surface area contributed by atoms with E-state index in [1.54, 1.807) is 24.1 Å². The second-order valence-electron chi connectivity index (χ2n) is 6.15. The first-order chi connectivity index (χ1) is 13.0. The maximum absolute atomic E-state index is 12.8. The summed E-state index contributed by atoms with van der Waals surface area (Å²) in [6.45, 7) is 2.23. The van der Waals surface area contributed by atoms with Gasteiger partial charge in [-0.2, -0.15) is 0 Å². The van der Waals surface area contributed by atoms with Crippen LogP contribution in [0.5, 0.6) is 11.5 Å². The highest BCUT2D eigenvalue weighted by atomic mass is 35.5. The van der Waals surface area contributed by atoms with Crippen molar-refractivity contribution in [2.45, 2.75) is 19.4 Å². The van der Waals surface area contributed by atoms with Gasteiger partial charge in [0, 0.05) is 19.0 Å². The Hall–Kier alpha value is -2.73. The number of hydrogen-bond acceptors (Lipinski definition) is 4. The standard InChI is InChI=1S/C20H21ClN2O4/c1-13(24)22-18-14-7-5-8-15(21)19(14)23(20(18)25)11-6-12-27-17-10-4-3-9-16(17)26-2/h3-5,7-10,18H,6,11-12H2,1-2H3,(H,22,24)/t18-/m1/s1. The summed E-state index contributed by atoms with van der Waals surface area (Å²) < 4.78 is 11.0. The van der Waals surface area contributed by atoms with Gasteiger partial charge in [0.25, 0.3) is 5.91 Å². The Morgan fingerprint density at radius 3 is 2.63 bits per heavy atom. The van der Waals surface area contributed by atoms with E-state index in [-0.39, 0.29) is 11.8 Å². The SMILES string of the molecule is COc1ccccc1OCCCN1C(=O)[C@H](NC(C)=O)c2cccc(Cl)c21. The first-order valence-electron chi connectivity index (χ1n) is 8.65. The summed E-state index contributed by atoms with van der Waals surface area (Å²) in [7, 11) is 1.59. The number of benzene rings is 2. The average molecular weight is 389 g/mol. The number of hydrogen-bond donors (Lipinski definition) is 1. The van der Waals surface area contributed by atoms with Crippen LogP contribution in [0.4, 0.5) is 5.69 Å². The minimum Gasteiger partial charge on any atom is -0.493 e. The van der Waals surface area contributed by atoms with Gasteiger partial charge in [0.15, 0.2) is 11.5 Å². The van der Waals surface area contributed by atoms with Crippen LogP contribution >= 0.6 is 11.6 Å². The highest BCUT2D eigenvalue weighted by Gasteiger charge is 2.38. The van der Waals surface area contributed by atoms with Crippen LogP contribution in [-0.2, 0) is 9.59 Å². The molecule has 1 N–H and O–H groups in total. The average Bonchev–Trinajstić information content (AvgIpc) is 2.92. The molecule has 0 aliphatic carbocycles. The molecule has 0 saturated heterocycles. The second kappa shape index (κ2) is 8.31. The van der Waals surface area contributed by atoms with Gasteiger partial charge >= 0.3 is 0 Å². The number of nitrogens with zero attached hydrogens (tertiary/aromatic N) is 1. The van der Waals surface area contributed by atoms with Gasteiger partial charge in [0.05, 0.1) is 24.4 Å². The fraction of sp³-hybridized carbons (Fsp3) is 0.300. The summed E-state index contributed by atoms with van der Waals surface area (Å²) in [6.07, 6.45) is 0.598. The van der Waals surface area contributed by atoms with Gasteiger partial charge in [0.2, 0.25) is 5.91 Å². The second-order valence-corrected chi connectivity index (χ2v) is 6.56. The molecule has 2 aromatic rings. The van der Waals surface area contributed by atoms with E-state index in [4.69, 9.17) is 21.1 Å². The van der Waals surface area contributed by atoms with Crippen molar-refractivity contribution in [2.24, 2.45) is 0 Å². The van der Waals surface area contributed by atoms with Crippen molar-refractivity contribution >= 4 is 29.1 Å². The number of carbonyl (C=O) groups is 2. The zero-order valence-corrected chi connectivity index (χ0v) is 16.0. The Balaban J connectivity index is 1.68. The summed E-state index contributed by atoms with van der Waals surface area (Å²) in [6, 6.07) is 12.0. The van der Waals surface area contributed by atoms with Crippen molar-refractivity contribution in [3.63, 3.8) is 0 Å². The highest BCUT2D eigenvalue weighted by Crippen LogP contribution is 2.41. The van der Waals surface area contributed by atoms with E-state index in [0.717, 1.165) is 0 Å². The molecule has 0 fully saturated rings. The number of fused-ring (bicyclic) bond motifs is 1. The maximum atomic E-state index is 12.8. The lowest BCUT2D eigenvalue weighted by Crippen LogP contribution is -2.37. The summed E-state index contributed by atoms with van der Waals surface area (Å²) >= 11 is 6.33. The van der Waals surface area contributed by atoms with Crippen LogP contribution in [0.1, 0.15) is 24.9 Å². The summed E-state index contributed by atoms with van der Waals surface area (Å²) in [4.78, 5) is 25.9. The number of ether oxygens (including phenoxy) is 2. The van der Waals surface area contributed by atoms with E-state index in [1.807, 2.05) is 30.3 Å². The molecule has 142 valence electrons. The monoisotopic (exact) mass is 388 g/mol. The molecule has 1 aliphatic rings. The molecule has 1 atom stereocenters. The van der Waals surface area contributed by atoms with Crippen LogP contribution in [0, 0.1) is 0 Å². The van der Waals surface area contributed by atoms with Crippen molar-refractivity contribution in [3.8, 4) is 11.5 Å². The normalized spacial score (nSPS) is 15.4. The molecule has 6 nitrogen and oxygen atoms in total. The lowest BCUT2D eigenvalue weighted by Gasteiger charge is -2.19. The van der Waals surface area contributed by atoms with E-state index in [1.165, 1.54) is 6.92 Å². The van der Waals surface area contributed by atoms with Gasteiger partial charge in [-0.25, -0.2) is 0 Å². The van der Waals surface area contributed by atoms with Gasteiger partial charge in [-0.3, -0.25) is 9.59 Å². The van der Waals surface area contributed by atoms with Crippen molar-refractivity contribution in [3.05, 3.63) is 53.1 Å². The number of rotatable bonds is 7. The largest absolute Gasteiger partial charge is 0.493 e. The Kier molecular flexibility index (Phi) is 5.86. The molecular weight excluding hydrogens is 368 g/mol. The molecule has 1 aliphatic heterocycles. The Bertz CT molecular complexity index is 856. The first-order valence-corrected chi connectivity index (χ1v) is 9.03. The third-order valence-electron chi connectivity index (χ3n) is 4.31. The molecule has 0 saturated carbocycles. The lowest BCUT2D eigenvalue weighted by atomic mass is 10.1. The lowest BCUT2D eigenvalue weighted by molar-refractivity contribution is -0.126. The molecule has 2 aromatic carbocycles. The summed E-state index contributed by atoms with van der Waals surface area (Å²) in [5.41, 5.74) is 1.37. The molecule has 2 amide bonds. The predicted molar refractivity (Wildman–Crippen MR) is 103 cm³/mol. The first kappa shape index (κ1) is 19.0. The molecule has 7 heteroatoms. The number of methoxy groups -OCH3 is 1. The minimum atomic E-state index is -0.702. The van der Waals surface area contributed by atoms with E-state index in [9.17, 15) is 9.59 Å². The number of para-hydroxylation sites is 3. The summed E-state index contributed by atoms with van der Waals surface area (Å²) in [5, 5.41) is 3.19. The summed E-state index contributed by atoms with van der Waals surface area (Å²) in [5.74, 6) is 0.863. The van der Waals surface area contributed by atoms with Crippen LogP contribution in [0.25, 0.3) is 0 Å². The molecule has 0 unspecified atom stereocenters. The molecule has 0 spiro atoms. The van der Waals surface area contributed by atoms with Crippen molar-refractivity contribution in [2.75, 3.05) is 25.2 Å². The smallest absolute Gasteiger partial charge is 0.254 e. The van der Waals surface area contributed by atoms with Gasteiger partial charge < -0.3 is 19.7 Å². The molecule has 0 bridgehead atoms. The van der Waals surface area contributed by atoms with Gasteiger partial charge in [-0.15, -0.1) is 0 Å². The molecule has 27 heavy (non-hydrogen) atoms. The fourth-order valence-electron chi connectivity index (χ4n) is 3.16. The zero-order valence-electron chi connectivity index (χ0n) is 15.2. The molecule has 0 radical (unpaired) electrons. The number of nitrogens with one attached hydrogen (secondary N) is 1. The van der Waals surface area contributed by atoms with Gasteiger partial charge in [0.1, 0.15) is 6.04 Å². The quantitative estimate of drug-likeness (QED) is 0.739. The fourth-order valence-corrected chi connectivity index (χ4v) is 3.44. The van der Waals surface area contributed by atoms with Crippen LogP contribution in [0.3, 0.4) is 0 Å². The zero-order chi connectivity index (χ0) is 19.4. The molecular formula is C20H21ClN2O4. The Labute approximate surface area is 163 Å². The Morgan fingerprint density at radius 1 is 1.19 bits per heavy atom. The van der Waals surface area contributed by atoms with Crippen LogP contribution in [0.15, 0.2) is 42.5 Å². The van der Waals surface area contributed by atoms with E-state index in [2.05, 4.69) is 5.32 Å². The van der Waals surface area contributed by atoms with E-state index in [0.29, 0.717) is 47.3 Å². The highest BCUT2D eigenvalue weighted by molar-refractivity contribution is 6.34. The van der Waals surface area contributed by atoms with Gasteiger partial charge in [-0.1, -0.05) is 35.9 Å². The maximum Gasteiger partial charge on any atom is 0.254 e. The van der Waals surface area contributed by atoms with Crippen LogP contribution in [-0.4, -0.2) is 32.1 Å². The van der Waals surface area contributed by atoms with Crippen molar-refractivity contribution in [1.29, 1.82) is 0 Å². The minimum absolute atomic E-state index is 0.189. The van der Waals surface area contributed by atoms with Gasteiger partial charge in [-0.05, 0) is 24.6 Å². The Morgan fingerprint density at radius 2 is 1.93 bits per heavy atom. The number of anilines is 1. The third-order valence-corrected chi connectivity index (χ3v) is 4.62. The van der Waals surface area contributed by atoms with Crippen LogP contribution < -0.4 is 19.7 Å². The number of carbonyl (C=O) groups excluding carboxylic acids is 2. The number of halogens is 1. The topological polar surface area (TPSA) is 67.9 Å². The van der Waals surface area contributed by atoms with Crippen molar-refractivity contribution < 1.29 is 19.1 Å². The molecule has 0 aromatic heterocycles. The van der Waals surface area contributed by atoms with Crippen molar-refractivity contribution in [1.82, 2.24) is 5.32 Å². The molecule has 1 heterocycles. The predicted octanol–water partition coefficient (Wildman–Crippen LogP) is 3.34. The molecule has 3 rings (SSSR count). The van der Waals surface area contributed by atoms with E-state index >= 15 is 0 Å². The van der Waals surface area contributed by atoms with Crippen LogP contribution in [0.2, 0.25) is 5.02 Å². The third kappa shape index (κ3) is 4.01.